The summed E-state index contributed by atoms with van der Waals surface area (Å²) in [6.07, 6.45) is 3.37. The first-order valence-electron chi connectivity index (χ1n) is 10.0. The van der Waals surface area contributed by atoms with E-state index in [-0.39, 0.29) is 29.2 Å². The fourth-order valence-corrected chi connectivity index (χ4v) is 3.82. The van der Waals surface area contributed by atoms with Gasteiger partial charge < -0.3 is 10.0 Å². The first-order valence-corrected chi connectivity index (χ1v) is 10.0. The number of nitro groups is 1. The molecule has 166 valence electrons. The van der Waals surface area contributed by atoms with Gasteiger partial charge in [-0.3, -0.25) is 24.7 Å². The van der Waals surface area contributed by atoms with Gasteiger partial charge in [0.15, 0.2) is 0 Å². The standard InChI is InChI=1S/C24H18FN3O5/c25-18-8-6-15(7-9-18)10-12-27-21(17-4-2-11-26-14-17)20(23(30)24(27)31)22(29)16-3-1-5-19(13-16)28(32)33/h1-9,11,13-14,21,29H,10,12H2/b22-20-. The van der Waals surface area contributed by atoms with E-state index >= 15 is 0 Å². The van der Waals surface area contributed by atoms with Gasteiger partial charge in [-0.15, -0.1) is 0 Å². The lowest BCUT2D eigenvalue weighted by Crippen LogP contribution is -2.31. The maximum absolute atomic E-state index is 13.2. The van der Waals surface area contributed by atoms with Crippen LogP contribution in [0.4, 0.5) is 10.1 Å². The molecule has 0 aliphatic carbocycles. The number of hydrogen-bond donors (Lipinski definition) is 1. The molecule has 3 aromatic rings. The van der Waals surface area contributed by atoms with Gasteiger partial charge in [0.25, 0.3) is 17.4 Å². The van der Waals surface area contributed by atoms with Crippen LogP contribution in [0.2, 0.25) is 0 Å². The molecule has 1 N–H and O–H groups in total. The van der Waals surface area contributed by atoms with Crippen LogP contribution in [-0.4, -0.2) is 38.1 Å². The minimum absolute atomic E-state index is 0.0506. The van der Waals surface area contributed by atoms with Crippen LogP contribution in [0.25, 0.3) is 5.76 Å². The molecule has 1 saturated heterocycles. The number of aliphatic hydroxyl groups excluding tert-OH is 1. The minimum atomic E-state index is -0.932. The molecule has 4 rings (SSSR count). The van der Waals surface area contributed by atoms with E-state index in [2.05, 4.69) is 4.98 Å². The Hall–Kier alpha value is -4.40. The molecule has 1 aromatic heterocycles. The Labute approximate surface area is 187 Å². The maximum Gasteiger partial charge on any atom is 0.295 e. The van der Waals surface area contributed by atoms with Gasteiger partial charge in [-0.1, -0.05) is 30.3 Å². The van der Waals surface area contributed by atoms with Gasteiger partial charge in [0, 0.05) is 36.6 Å². The molecule has 0 spiro atoms. The van der Waals surface area contributed by atoms with Crippen molar-refractivity contribution in [1.82, 2.24) is 9.88 Å². The largest absolute Gasteiger partial charge is 0.507 e. The van der Waals surface area contributed by atoms with Crippen molar-refractivity contribution in [2.24, 2.45) is 0 Å². The lowest BCUT2D eigenvalue weighted by Gasteiger charge is -2.25. The Morgan fingerprint density at radius 3 is 2.55 bits per heavy atom. The number of hydrogen-bond acceptors (Lipinski definition) is 6. The van der Waals surface area contributed by atoms with Crippen molar-refractivity contribution in [2.75, 3.05) is 6.54 Å². The number of non-ortho nitro benzene ring substituents is 1. The second-order valence-electron chi connectivity index (χ2n) is 7.46. The average molecular weight is 447 g/mol. The molecule has 2 aromatic carbocycles. The minimum Gasteiger partial charge on any atom is -0.507 e. The summed E-state index contributed by atoms with van der Waals surface area (Å²) in [6, 6.07) is 13.4. The first-order chi connectivity index (χ1) is 15.9. The van der Waals surface area contributed by atoms with Crippen LogP contribution in [0.15, 0.2) is 78.6 Å². The summed E-state index contributed by atoms with van der Waals surface area (Å²) in [4.78, 5) is 41.8. The van der Waals surface area contributed by atoms with Crippen LogP contribution in [0.3, 0.4) is 0 Å². The smallest absolute Gasteiger partial charge is 0.295 e. The summed E-state index contributed by atoms with van der Waals surface area (Å²) >= 11 is 0. The predicted octanol–water partition coefficient (Wildman–Crippen LogP) is 3.79. The lowest BCUT2D eigenvalue weighted by molar-refractivity contribution is -0.384. The van der Waals surface area contributed by atoms with Crippen molar-refractivity contribution < 1.29 is 24.0 Å². The zero-order chi connectivity index (χ0) is 23.5. The van der Waals surface area contributed by atoms with E-state index in [9.17, 15) is 29.2 Å². The summed E-state index contributed by atoms with van der Waals surface area (Å²) in [5, 5.41) is 22.1. The summed E-state index contributed by atoms with van der Waals surface area (Å²) < 4.78 is 13.2. The molecule has 0 bridgehead atoms. The van der Waals surface area contributed by atoms with Crippen molar-refractivity contribution in [1.29, 1.82) is 0 Å². The molecule has 1 atom stereocenters. The second kappa shape index (κ2) is 8.99. The number of ketones is 1. The Morgan fingerprint density at radius 2 is 1.88 bits per heavy atom. The number of benzene rings is 2. The third-order valence-corrected chi connectivity index (χ3v) is 5.43. The van der Waals surface area contributed by atoms with E-state index in [0.29, 0.717) is 12.0 Å². The maximum atomic E-state index is 13.2. The molecule has 1 unspecified atom stereocenters. The molecular formula is C24H18FN3O5. The number of carbonyl (C=O) groups is 2. The fourth-order valence-electron chi connectivity index (χ4n) is 3.82. The third-order valence-electron chi connectivity index (χ3n) is 5.43. The Balaban J connectivity index is 1.77. The van der Waals surface area contributed by atoms with E-state index in [1.54, 1.807) is 24.3 Å². The van der Waals surface area contributed by atoms with Crippen LogP contribution in [0.1, 0.15) is 22.7 Å². The van der Waals surface area contributed by atoms with E-state index in [1.807, 2.05) is 0 Å². The number of halogens is 1. The fraction of sp³-hybridized carbons (Fsp3) is 0.125. The summed E-state index contributed by atoms with van der Waals surface area (Å²) in [5.74, 6) is -2.59. The van der Waals surface area contributed by atoms with Gasteiger partial charge in [-0.05, 0) is 35.7 Å². The van der Waals surface area contributed by atoms with Crippen LogP contribution in [-0.2, 0) is 16.0 Å². The molecule has 1 fully saturated rings. The van der Waals surface area contributed by atoms with Crippen LogP contribution < -0.4 is 0 Å². The Kier molecular flexibility index (Phi) is 5.95. The molecule has 33 heavy (non-hydrogen) atoms. The highest BCUT2D eigenvalue weighted by Gasteiger charge is 2.46. The van der Waals surface area contributed by atoms with Crippen molar-refractivity contribution in [2.45, 2.75) is 12.5 Å². The van der Waals surface area contributed by atoms with Gasteiger partial charge in [-0.25, -0.2) is 4.39 Å². The molecule has 0 radical (unpaired) electrons. The normalized spacial score (nSPS) is 17.4. The summed E-state index contributed by atoms with van der Waals surface area (Å²) in [5.41, 5.74) is 0.884. The predicted molar refractivity (Wildman–Crippen MR) is 116 cm³/mol. The molecule has 1 aliphatic rings. The Bertz CT molecular complexity index is 1260. The quantitative estimate of drug-likeness (QED) is 0.202. The van der Waals surface area contributed by atoms with E-state index in [4.69, 9.17) is 0 Å². The van der Waals surface area contributed by atoms with E-state index in [0.717, 1.165) is 11.6 Å². The topological polar surface area (TPSA) is 114 Å². The number of pyridine rings is 1. The molecule has 9 heteroatoms. The van der Waals surface area contributed by atoms with Crippen LogP contribution in [0, 0.1) is 15.9 Å². The highest BCUT2D eigenvalue weighted by Crippen LogP contribution is 2.39. The number of aromatic nitrogens is 1. The van der Waals surface area contributed by atoms with Crippen LogP contribution in [0.5, 0.6) is 0 Å². The first kappa shape index (κ1) is 21.8. The van der Waals surface area contributed by atoms with Gasteiger partial charge in [0.2, 0.25) is 0 Å². The van der Waals surface area contributed by atoms with Gasteiger partial charge >= 0.3 is 0 Å². The number of amides is 1. The van der Waals surface area contributed by atoms with Gasteiger partial charge in [-0.2, -0.15) is 0 Å². The molecule has 0 saturated carbocycles. The monoisotopic (exact) mass is 447 g/mol. The molecule has 1 amide bonds. The summed E-state index contributed by atoms with van der Waals surface area (Å²) in [7, 11) is 0. The molecule has 2 heterocycles. The Morgan fingerprint density at radius 1 is 1.12 bits per heavy atom. The second-order valence-corrected chi connectivity index (χ2v) is 7.46. The lowest BCUT2D eigenvalue weighted by atomic mass is 9.96. The number of nitro benzene ring substituents is 1. The zero-order valence-corrected chi connectivity index (χ0v) is 17.2. The highest BCUT2D eigenvalue weighted by molar-refractivity contribution is 6.46. The molecular weight excluding hydrogens is 429 g/mol. The van der Waals surface area contributed by atoms with Crippen molar-refractivity contribution in [3.05, 3.63) is 111 Å². The zero-order valence-electron chi connectivity index (χ0n) is 17.2. The number of carbonyl (C=O) groups excluding carboxylic acids is 2. The number of Topliss-reactive ketones (excluding diaryl/α,β-unsaturated/α-hetero) is 1. The number of aliphatic hydroxyl groups is 1. The SMILES string of the molecule is O=C1C(=O)N(CCc2ccc(F)cc2)C(c2cccnc2)/C1=C(/O)c1cccc([N+](=O)[O-])c1. The van der Waals surface area contributed by atoms with Gasteiger partial charge in [0.1, 0.15) is 11.6 Å². The molecule has 1 aliphatic heterocycles. The van der Waals surface area contributed by atoms with E-state index in [1.165, 1.54) is 47.6 Å². The number of nitrogens with zero attached hydrogens (tertiary/aromatic N) is 3. The average Bonchev–Trinajstić information content (AvgIpc) is 3.08. The van der Waals surface area contributed by atoms with Gasteiger partial charge in [0.05, 0.1) is 16.5 Å². The number of rotatable bonds is 6. The van der Waals surface area contributed by atoms with Crippen molar-refractivity contribution >= 4 is 23.1 Å². The summed E-state index contributed by atoms with van der Waals surface area (Å²) in [6.45, 7) is 0.126. The van der Waals surface area contributed by atoms with Crippen LogP contribution >= 0.6 is 0 Å². The third kappa shape index (κ3) is 4.33. The molecule has 8 nitrogen and oxygen atoms in total. The van der Waals surface area contributed by atoms with Crippen molar-refractivity contribution in [3.63, 3.8) is 0 Å². The highest BCUT2D eigenvalue weighted by atomic mass is 19.1. The van der Waals surface area contributed by atoms with E-state index < -0.39 is 28.4 Å². The number of likely N-dealkylation sites (tertiary alicyclic amines) is 1. The van der Waals surface area contributed by atoms with Crippen molar-refractivity contribution in [3.8, 4) is 0 Å².